The minimum absolute atomic E-state index is 0.222. The normalized spacial score (nSPS) is 11.5. The Labute approximate surface area is 83.5 Å². The van der Waals surface area contributed by atoms with Gasteiger partial charge in [-0.25, -0.2) is 0 Å². The maximum atomic E-state index is 12.0. The number of alkyl halides is 3. The van der Waals surface area contributed by atoms with E-state index in [1.165, 1.54) is 19.1 Å². The summed E-state index contributed by atoms with van der Waals surface area (Å²) < 4.78 is 36.1. The molecule has 0 fully saturated rings. The van der Waals surface area contributed by atoms with Crippen LogP contribution in [-0.4, -0.2) is 12.0 Å². The van der Waals surface area contributed by atoms with Gasteiger partial charge in [0.05, 0.1) is 0 Å². The first-order chi connectivity index (χ1) is 6.32. The number of hydrogen-bond donors (Lipinski definition) is 0. The zero-order chi connectivity index (χ0) is 10.9. The molecule has 0 amide bonds. The molecule has 0 unspecified atom stereocenters. The van der Waals surface area contributed by atoms with Gasteiger partial charge in [0, 0.05) is 10.6 Å². The molecule has 0 atom stereocenters. The fraction of sp³-hybridized carbons (Fsp3) is 0.222. The zero-order valence-corrected chi connectivity index (χ0v) is 7.91. The lowest BCUT2D eigenvalue weighted by Gasteiger charge is -2.07. The minimum Gasteiger partial charge on any atom is -0.284 e. The van der Waals surface area contributed by atoms with Crippen molar-refractivity contribution in [1.29, 1.82) is 0 Å². The number of rotatable bonds is 1. The first-order valence-corrected chi connectivity index (χ1v) is 4.08. The average molecular weight is 223 g/mol. The molecule has 14 heavy (non-hydrogen) atoms. The molecule has 0 saturated carbocycles. The van der Waals surface area contributed by atoms with Crippen LogP contribution in [0.15, 0.2) is 18.2 Å². The first kappa shape index (κ1) is 11.0. The van der Waals surface area contributed by atoms with Crippen molar-refractivity contribution >= 4 is 17.4 Å². The number of benzene rings is 1. The number of carbonyl (C=O) groups excluding carboxylic acids is 1. The number of Topliss-reactive ketones (excluding diaryl/α,β-unsaturated/α-hetero) is 1. The lowest BCUT2D eigenvalue weighted by atomic mass is 10.0. The van der Waals surface area contributed by atoms with Crippen LogP contribution in [0.4, 0.5) is 13.2 Å². The van der Waals surface area contributed by atoms with E-state index in [0.717, 1.165) is 6.07 Å². The highest BCUT2D eigenvalue weighted by Crippen LogP contribution is 2.24. The molecule has 0 bridgehead atoms. The summed E-state index contributed by atoms with van der Waals surface area (Å²) in [6.07, 6.45) is -4.83. The van der Waals surface area contributed by atoms with Gasteiger partial charge < -0.3 is 0 Å². The van der Waals surface area contributed by atoms with Crippen LogP contribution in [0.3, 0.4) is 0 Å². The van der Waals surface area contributed by atoms with E-state index in [9.17, 15) is 18.0 Å². The topological polar surface area (TPSA) is 17.1 Å². The summed E-state index contributed by atoms with van der Waals surface area (Å²) in [6.45, 7) is 1.41. The van der Waals surface area contributed by atoms with Gasteiger partial charge in [0.1, 0.15) is 0 Å². The first-order valence-electron chi connectivity index (χ1n) is 3.70. The minimum atomic E-state index is -4.83. The molecule has 5 heteroatoms. The predicted molar refractivity (Wildman–Crippen MR) is 46.6 cm³/mol. The maximum absolute atomic E-state index is 12.0. The van der Waals surface area contributed by atoms with E-state index in [-0.39, 0.29) is 11.1 Å². The van der Waals surface area contributed by atoms with Gasteiger partial charge in [0.15, 0.2) is 0 Å². The number of hydrogen-bond acceptors (Lipinski definition) is 1. The summed E-state index contributed by atoms with van der Waals surface area (Å²) >= 11 is 5.54. The number of halogens is 4. The van der Waals surface area contributed by atoms with Gasteiger partial charge in [-0.15, -0.1) is 0 Å². The van der Waals surface area contributed by atoms with Crippen molar-refractivity contribution in [2.24, 2.45) is 0 Å². The van der Waals surface area contributed by atoms with Crippen LogP contribution < -0.4 is 0 Å². The fourth-order valence-corrected chi connectivity index (χ4v) is 1.26. The van der Waals surface area contributed by atoms with Crippen molar-refractivity contribution in [3.8, 4) is 0 Å². The molecular formula is C9H6ClF3O. The molecule has 0 aromatic heterocycles. The largest absolute Gasteiger partial charge is 0.454 e. The van der Waals surface area contributed by atoms with Gasteiger partial charge in [0.2, 0.25) is 0 Å². The Bertz CT molecular complexity index is 371. The lowest BCUT2D eigenvalue weighted by Crippen LogP contribution is -2.23. The van der Waals surface area contributed by atoms with Gasteiger partial charge in [-0.2, -0.15) is 13.2 Å². The molecule has 0 N–H and O–H groups in total. The Morgan fingerprint density at radius 3 is 2.36 bits per heavy atom. The van der Waals surface area contributed by atoms with Crippen molar-refractivity contribution in [2.75, 3.05) is 0 Å². The number of aryl methyl sites for hydroxylation is 1. The summed E-state index contributed by atoms with van der Waals surface area (Å²) in [6, 6.07) is 3.65. The number of ketones is 1. The van der Waals surface area contributed by atoms with Crippen molar-refractivity contribution in [3.05, 3.63) is 34.3 Å². The van der Waals surface area contributed by atoms with Crippen molar-refractivity contribution < 1.29 is 18.0 Å². The SMILES string of the molecule is Cc1cc(Cl)ccc1C(=O)C(F)(F)F. The molecule has 0 aliphatic rings. The predicted octanol–water partition coefficient (Wildman–Crippen LogP) is 3.39. The Balaban J connectivity index is 3.15. The Kier molecular flexibility index (Phi) is 2.85. The van der Waals surface area contributed by atoms with E-state index in [2.05, 4.69) is 0 Å². The lowest BCUT2D eigenvalue weighted by molar-refractivity contribution is -0.0885. The second kappa shape index (κ2) is 3.61. The molecule has 1 rings (SSSR count). The third-order valence-corrected chi connectivity index (χ3v) is 1.93. The molecule has 0 heterocycles. The average Bonchev–Trinajstić information content (AvgIpc) is 2.01. The molecule has 0 spiro atoms. The third-order valence-electron chi connectivity index (χ3n) is 1.69. The van der Waals surface area contributed by atoms with E-state index in [1.54, 1.807) is 0 Å². The third kappa shape index (κ3) is 2.26. The van der Waals surface area contributed by atoms with Gasteiger partial charge in [0.25, 0.3) is 5.78 Å². The zero-order valence-electron chi connectivity index (χ0n) is 7.15. The van der Waals surface area contributed by atoms with Crippen LogP contribution in [0.25, 0.3) is 0 Å². The summed E-state index contributed by atoms with van der Waals surface area (Å²) in [4.78, 5) is 10.8. The van der Waals surface area contributed by atoms with Gasteiger partial charge >= 0.3 is 6.18 Å². The molecule has 1 aromatic carbocycles. The fourth-order valence-electron chi connectivity index (χ4n) is 1.03. The maximum Gasteiger partial charge on any atom is 0.454 e. The van der Waals surface area contributed by atoms with E-state index < -0.39 is 12.0 Å². The molecule has 1 nitrogen and oxygen atoms in total. The van der Waals surface area contributed by atoms with E-state index >= 15 is 0 Å². The molecule has 0 radical (unpaired) electrons. The summed E-state index contributed by atoms with van der Waals surface area (Å²) in [5.74, 6) is -1.84. The van der Waals surface area contributed by atoms with E-state index in [4.69, 9.17) is 11.6 Å². The number of carbonyl (C=O) groups is 1. The van der Waals surface area contributed by atoms with Crippen LogP contribution in [0.2, 0.25) is 5.02 Å². The van der Waals surface area contributed by atoms with Gasteiger partial charge in [-0.3, -0.25) is 4.79 Å². The molecule has 0 saturated heterocycles. The summed E-state index contributed by atoms with van der Waals surface area (Å²) in [5.41, 5.74) is -0.137. The highest BCUT2D eigenvalue weighted by molar-refractivity contribution is 6.30. The highest BCUT2D eigenvalue weighted by atomic mass is 35.5. The molecule has 0 aliphatic heterocycles. The Morgan fingerprint density at radius 1 is 1.36 bits per heavy atom. The highest BCUT2D eigenvalue weighted by Gasteiger charge is 2.39. The molecular weight excluding hydrogens is 217 g/mol. The van der Waals surface area contributed by atoms with Crippen LogP contribution in [-0.2, 0) is 0 Å². The monoisotopic (exact) mass is 222 g/mol. The summed E-state index contributed by atoms with van der Waals surface area (Å²) in [5, 5.41) is 0.307. The smallest absolute Gasteiger partial charge is 0.284 e. The van der Waals surface area contributed by atoms with Crippen LogP contribution in [0.1, 0.15) is 15.9 Å². The Morgan fingerprint density at radius 2 is 1.93 bits per heavy atom. The van der Waals surface area contributed by atoms with Gasteiger partial charge in [-0.05, 0) is 30.7 Å². The molecule has 0 aliphatic carbocycles. The standard InChI is InChI=1S/C9H6ClF3O/c1-5-4-6(10)2-3-7(5)8(14)9(11,12)13/h2-4H,1H3. The van der Waals surface area contributed by atoms with Crippen LogP contribution in [0.5, 0.6) is 0 Å². The van der Waals surface area contributed by atoms with E-state index in [0.29, 0.717) is 5.02 Å². The Hall–Kier alpha value is -1.03. The molecule has 76 valence electrons. The second-order valence-corrected chi connectivity index (χ2v) is 3.22. The second-order valence-electron chi connectivity index (χ2n) is 2.79. The van der Waals surface area contributed by atoms with Crippen molar-refractivity contribution in [2.45, 2.75) is 13.1 Å². The van der Waals surface area contributed by atoms with Crippen molar-refractivity contribution in [3.63, 3.8) is 0 Å². The van der Waals surface area contributed by atoms with Crippen LogP contribution in [0, 0.1) is 6.92 Å². The van der Waals surface area contributed by atoms with Gasteiger partial charge in [-0.1, -0.05) is 11.6 Å². The molecule has 1 aromatic rings. The van der Waals surface area contributed by atoms with E-state index in [1.807, 2.05) is 0 Å². The van der Waals surface area contributed by atoms with Crippen LogP contribution >= 0.6 is 11.6 Å². The van der Waals surface area contributed by atoms with Crippen molar-refractivity contribution in [1.82, 2.24) is 0 Å². The summed E-state index contributed by atoms with van der Waals surface area (Å²) in [7, 11) is 0. The quantitative estimate of drug-likeness (QED) is 0.666.